The van der Waals surface area contributed by atoms with Gasteiger partial charge in [-0.05, 0) is 48.7 Å². The van der Waals surface area contributed by atoms with Crippen LogP contribution in [0, 0.1) is 0 Å². The summed E-state index contributed by atoms with van der Waals surface area (Å²) < 4.78 is 9.82. The number of pyridine rings is 1. The van der Waals surface area contributed by atoms with Crippen molar-refractivity contribution in [2.24, 2.45) is 7.05 Å². The summed E-state index contributed by atoms with van der Waals surface area (Å²) in [6.45, 7) is 0.511. The molecule has 0 saturated heterocycles. The number of hydrogen-bond donors (Lipinski definition) is 2. The Hall–Kier alpha value is -4.33. The minimum atomic E-state index is -0.130. The number of carbonyl (C=O) groups excluding carboxylic acids is 1. The average Bonchev–Trinajstić information content (AvgIpc) is 3.44. The van der Waals surface area contributed by atoms with Crippen LogP contribution >= 0.6 is 0 Å². The molecule has 0 spiro atoms. The van der Waals surface area contributed by atoms with Crippen molar-refractivity contribution < 1.29 is 9.53 Å². The Morgan fingerprint density at radius 3 is 2.81 bits per heavy atom. The minimum Gasteiger partial charge on any atom is -0.455 e. The Balaban J connectivity index is 1.37. The third kappa shape index (κ3) is 3.91. The summed E-state index contributed by atoms with van der Waals surface area (Å²) in [5.74, 6) is 1.19. The first-order chi connectivity index (χ1) is 15.2. The Kier molecular flexibility index (Phi) is 4.72. The number of nitrogens with zero attached hydrogens (tertiary/aromatic N) is 4. The van der Waals surface area contributed by atoms with E-state index < -0.39 is 0 Å². The van der Waals surface area contributed by atoms with Crippen LogP contribution in [0.2, 0.25) is 0 Å². The lowest BCUT2D eigenvalue weighted by molar-refractivity contribution is -0.112. The molecule has 8 nitrogen and oxygen atoms in total. The van der Waals surface area contributed by atoms with Gasteiger partial charge in [-0.25, -0.2) is 9.50 Å². The van der Waals surface area contributed by atoms with Gasteiger partial charge in [-0.3, -0.25) is 4.79 Å². The van der Waals surface area contributed by atoms with Gasteiger partial charge < -0.3 is 19.9 Å². The monoisotopic (exact) mass is 412 g/mol. The summed E-state index contributed by atoms with van der Waals surface area (Å²) >= 11 is 0. The highest BCUT2D eigenvalue weighted by Gasteiger charge is 2.12. The molecule has 31 heavy (non-hydrogen) atoms. The molecule has 0 atom stereocenters. The number of ether oxygens (including phenoxy) is 1. The Labute approximate surface area is 178 Å². The third-order valence-corrected chi connectivity index (χ3v) is 4.91. The Morgan fingerprint density at radius 2 is 2.06 bits per heavy atom. The molecule has 1 aromatic carbocycles. The molecule has 0 unspecified atom stereocenters. The van der Waals surface area contributed by atoms with Gasteiger partial charge in [-0.2, -0.15) is 5.10 Å². The quantitative estimate of drug-likeness (QED) is 0.524. The van der Waals surface area contributed by atoms with E-state index in [4.69, 9.17) is 4.74 Å². The van der Waals surface area contributed by atoms with Gasteiger partial charge in [-0.1, -0.05) is 6.08 Å². The Morgan fingerprint density at radius 1 is 1.19 bits per heavy atom. The predicted octanol–water partition coefficient (Wildman–Crippen LogP) is 3.51. The number of rotatable bonds is 5. The zero-order chi connectivity index (χ0) is 21.2. The number of carbonyl (C=O) groups is 1. The van der Waals surface area contributed by atoms with Crippen molar-refractivity contribution in [1.82, 2.24) is 24.5 Å². The van der Waals surface area contributed by atoms with Crippen molar-refractivity contribution in [3.8, 4) is 22.8 Å². The first-order valence-corrected chi connectivity index (χ1v) is 9.80. The van der Waals surface area contributed by atoms with Crippen LogP contribution in [0.15, 0.2) is 85.2 Å². The highest BCUT2D eigenvalue weighted by Crippen LogP contribution is 2.31. The molecular formula is C23H20N6O2. The number of benzene rings is 1. The van der Waals surface area contributed by atoms with E-state index >= 15 is 0 Å². The molecule has 154 valence electrons. The van der Waals surface area contributed by atoms with Crippen LogP contribution in [0.4, 0.5) is 5.69 Å². The predicted molar refractivity (Wildman–Crippen MR) is 118 cm³/mol. The highest BCUT2D eigenvalue weighted by molar-refractivity contribution is 6.04. The largest absolute Gasteiger partial charge is 0.455 e. The maximum Gasteiger partial charge on any atom is 0.253 e. The van der Waals surface area contributed by atoms with Crippen molar-refractivity contribution in [3.05, 3.63) is 85.2 Å². The summed E-state index contributed by atoms with van der Waals surface area (Å²) in [5, 5.41) is 10.3. The zero-order valence-electron chi connectivity index (χ0n) is 16.8. The van der Waals surface area contributed by atoms with E-state index in [9.17, 15) is 4.79 Å². The lowest BCUT2D eigenvalue weighted by atomic mass is 10.2. The molecule has 4 aromatic rings. The fourth-order valence-electron chi connectivity index (χ4n) is 3.34. The van der Waals surface area contributed by atoms with Gasteiger partial charge in [0.1, 0.15) is 11.3 Å². The van der Waals surface area contributed by atoms with Gasteiger partial charge in [0.15, 0.2) is 5.75 Å². The van der Waals surface area contributed by atoms with E-state index in [1.807, 2.05) is 72.7 Å². The molecule has 1 amide bonds. The van der Waals surface area contributed by atoms with Crippen molar-refractivity contribution >= 4 is 17.1 Å². The van der Waals surface area contributed by atoms with E-state index in [0.29, 0.717) is 29.3 Å². The van der Waals surface area contributed by atoms with Gasteiger partial charge in [0.05, 0.1) is 18.2 Å². The molecule has 1 aliphatic heterocycles. The van der Waals surface area contributed by atoms with Crippen LogP contribution in [0.5, 0.6) is 11.5 Å². The number of hydrogen-bond acceptors (Lipinski definition) is 5. The lowest BCUT2D eigenvalue weighted by Crippen LogP contribution is -2.23. The zero-order valence-corrected chi connectivity index (χ0v) is 16.8. The molecule has 0 radical (unpaired) electrons. The molecule has 0 fully saturated rings. The second-order valence-electron chi connectivity index (χ2n) is 7.19. The molecule has 4 heterocycles. The highest BCUT2D eigenvalue weighted by atomic mass is 16.5. The smallest absolute Gasteiger partial charge is 0.253 e. The number of fused-ring (bicyclic) bond motifs is 1. The van der Waals surface area contributed by atoms with Crippen molar-refractivity contribution in [1.29, 1.82) is 0 Å². The molecule has 5 rings (SSSR count). The van der Waals surface area contributed by atoms with Crippen LogP contribution < -0.4 is 15.4 Å². The number of anilines is 1. The lowest BCUT2D eigenvalue weighted by Gasteiger charge is -2.12. The van der Waals surface area contributed by atoms with E-state index in [1.54, 1.807) is 23.1 Å². The fourth-order valence-corrected chi connectivity index (χ4v) is 3.34. The normalized spacial score (nSPS) is 13.0. The van der Waals surface area contributed by atoms with Crippen molar-refractivity contribution in [2.75, 3.05) is 11.9 Å². The summed E-state index contributed by atoms with van der Waals surface area (Å²) in [6, 6.07) is 11.1. The molecule has 0 saturated carbocycles. The average molecular weight is 412 g/mol. The van der Waals surface area contributed by atoms with E-state index in [1.165, 1.54) is 0 Å². The number of dihydropyridines is 1. The minimum absolute atomic E-state index is 0.130. The second kappa shape index (κ2) is 7.83. The maximum absolute atomic E-state index is 12.3. The topological polar surface area (TPSA) is 85.5 Å². The van der Waals surface area contributed by atoms with Crippen LogP contribution in [0.25, 0.3) is 16.8 Å². The molecule has 8 heteroatoms. The van der Waals surface area contributed by atoms with Crippen molar-refractivity contribution in [3.63, 3.8) is 0 Å². The molecule has 0 bridgehead atoms. The van der Waals surface area contributed by atoms with Crippen LogP contribution in [-0.4, -0.2) is 31.6 Å². The first-order valence-electron chi connectivity index (χ1n) is 9.80. The van der Waals surface area contributed by atoms with E-state index in [-0.39, 0.29) is 5.91 Å². The molecule has 3 aromatic heterocycles. The van der Waals surface area contributed by atoms with Gasteiger partial charge in [-0.15, -0.1) is 0 Å². The number of nitrogens with one attached hydrogen (secondary N) is 2. The number of aromatic nitrogens is 4. The first kappa shape index (κ1) is 18.7. The van der Waals surface area contributed by atoms with Gasteiger partial charge >= 0.3 is 0 Å². The maximum atomic E-state index is 12.3. The van der Waals surface area contributed by atoms with Crippen LogP contribution in [-0.2, 0) is 11.8 Å². The van der Waals surface area contributed by atoms with E-state index in [0.717, 1.165) is 16.8 Å². The number of aryl methyl sites for hydroxylation is 1. The summed E-state index contributed by atoms with van der Waals surface area (Å²) in [4.78, 5) is 16.7. The van der Waals surface area contributed by atoms with Gasteiger partial charge in [0.25, 0.3) is 5.91 Å². The number of allylic oxidation sites excluding steroid dienone is 2. The van der Waals surface area contributed by atoms with Crippen LogP contribution in [0.3, 0.4) is 0 Å². The summed E-state index contributed by atoms with van der Waals surface area (Å²) in [5.41, 5.74) is 3.96. The molecule has 2 N–H and O–H groups in total. The van der Waals surface area contributed by atoms with Gasteiger partial charge in [0, 0.05) is 42.8 Å². The molecule has 1 aliphatic rings. The van der Waals surface area contributed by atoms with Crippen molar-refractivity contribution in [2.45, 2.75) is 0 Å². The number of imidazole rings is 1. The third-order valence-electron chi connectivity index (χ3n) is 4.91. The van der Waals surface area contributed by atoms with E-state index in [2.05, 4.69) is 20.7 Å². The second-order valence-corrected chi connectivity index (χ2v) is 7.19. The summed E-state index contributed by atoms with van der Waals surface area (Å²) in [7, 11) is 1.93. The van der Waals surface area contributed by atoms with Gasteiger partial charge in [0.2, 0.25) is 0 Å². The number of amides is 1. The Bertz CT molecular complexity index is 1310. The SMILES string of the molecule is Cn1cnc(-c2cc(Oc3ccc(NC(=O)C4=CC=CNC4)cc3)c3ccnn3c2)c1. The van der Waals surface area contributed by atoms with Crippen LogP contribution in [0.1, 0.15) is 0 Å². The standard InChI is InChI=1S/C23H20N6O2/c1-28-14-20(25-15-28)17-11-22(21-8-10-26-29(21)13-17)31-19-6-4-18(5-7-19)27-23(30)16-3-2-9-24-12-16/h2-11,13-15,24H,12H2,1H3,(H,27,30). The molecule has 0 aliphatic carbocycles. The molecular weight excluding hydrogens is 392 g/mol. The summed E-state index contributed by atoms with van der Waals surface area (Å²) in [6.07, 6.45) is 12.8. The fraction of sp³-hybridized carbons (Fsp3) is 0.0870.